The maximum Gasteiger partial charge on any atom is 0.240 e. The highest BCUT2D eigenvalue weighted by Crippen LogP contribution is 2.25. The number of amides is 1. The summed E-state index contributed by atoms with van der Waals surface area (Å²) in [5.41, 5.74) is -0.0184. The lowest BCUT2D eigenvalue weighted by atomic mass is 9.85. The van der Waals surface area contributed by atoms with Gasteiger partial charge in [0, 0.05) is 12.6 Å². The largest absolute Gasteiger partial charge is 0.339 e. The van der Waals surface area contributed by atoms with Gasteiger partial charge < -0.3 is 10.2 Å². The SMILES string of the molecule is CCNC(C(=O)N1CCCC1C)C(C)(C)C. The Kier molecular flexibility index (Phi) is 4.36. The second-order valence-corrected chi connectivity index (χ2v) is 5.88. The highest BCUT2D eigenvalue weighted by atomic mass is 16.2. The average Bonchev–Trinajstić information content (AvgIpc) is 2.58. The van der Waals surface area contributed by atoms with Crippen molar-refractivity contribution in [3.05, 3.63) is 0 Å². The zero-order chi connectivity index (χ0) is 12.3. The number of likely N-dealkylation sites (tertiary alicyclic amines) is 1. The summed E-state index contributed by atoms with van der Waals surface area (Å²) >= 11 is 0. The van der Waals surface area contributed by atoms with Gasteiger partial charge in [-0.3, -0.25) is 4.79 Å². The van der Waals surface area contributed by atoms with Gasteiger partial charge >= 0.3 is 0 Å². The molecule has 0 saturated carbocycles. The van der Waals surface area contributed by atoms with Crippen molar-refractivity contribution in [2.75, 3.05) is 13.1 Å². The van der Waals surface area contributed by atoms with Crippen molar-refractivity contribution in [2.45, 2.75) is 59.5 Å². The van der Waals surface area contributed by atoms with Crippen molar-refractivity contribution in [3.8, 4) is 0 Å². The predicted octanol–water partition coefficient (Wildman–Crippen LogP) is 2.02. The van der Waals surface area contributed by atoms with Crippen LogP contribution in [0.1, 0.15) is 47.5 Å². The monoisotopic (exact) mass is 226 g/mol. The highest BCUT2D eigenvalue weighted by molar-refractivity contribution is 5.83. The zero-order valence-corrected chi connectivity index (χ0v) is 11.3. The van der Waals surface area contributed by atoms with Crippen LogP contribution in [0.25, 0.3) is 0 Å². The van der Waals surface area contributed by atoms with Crippen LogP contribution in [0.2, 0.25) is 0 Å². The van der Waals surface area contributed by atoms with Gasteiger partial charge in [-0.25, -0.2) is 0 Å². The van der Waals surface area contributed by atoms with E-state index in [2.05, 4.69) is 39.9 Å². The van der Waals surface area contributed by atoms with Crippen molar-refractivity contribution in [2.24, 2.45) is 5.41 Å². The lowest BCUT2D eigenvalue weighted by Crippen LogP contribution is -2.53. The topological polar surface area (TPSA) is 32.3 Å². The molecule has 2 unspecified atom stereocenters. The van der Waals surface area contributed by atoms with Gasteiger partial charge in [-0.15, -0.1) is 0 Å². The van der Waals surface area contributed by atoms with Gasteiger partial charge in [-0.05, 0) is 31.7 Å². The number of nitrogens with one attached hydrogen (secondary N) is 1. The summed E-state index contributed by atoms with van der Waals surface area (Å²) in [4.78, 5) is 14.5. The molecular weight excluding hydrogens is 200 g/mol. The molecule has 1 amide bonds. The first-order valence-electron chi connectivity index (χ1n) is 6.41. The predicted molar refractivity (Wildman–Crippen MR) is 67.3 cm³/mol. The summed E-state index contributed by atoms with van der Waals surface area (Å²) in [5, 5.41) is 3.33. The fraction of sp³-hybridized carbons (Fsp3) is 0.923. The molecule has 0 spiro atoms. The molecule has 1 fully saturated rings. The smallest absolute Gasteiger partial charge is 0.240 e. The molecule has 0 aromatic carbocycles. The Labute approximate surface area is 99.6 Å². The van der Waals surface area contributed by atoms with Crippen LogP contribution < -0.4 is 5.32 Å². The Bertz CT molecular complexity index is 245. The molecule has 94 valence electrons. The van der Waals surface area contributed by atoms with E-state index in [0.29, 0.717) is 6.04 Å². The molecule has 1 saturated heterocycles. The number of likely N-dealkylation sites (N-methyl/N-ethyl adjacent to an activating group) is 1. The summed E-state index contributed by atoms with van der Waals surface area (Å²) in [6.45, 7) is 12.3. The number of carbonyl (C=O) groups excluding carboxylic acids is 1. The molecule has 2 atom stereocenters. The summed E-state index contributed by atoms with van der Waals surface area (Å²) in [7, 11) is 0. The third-order valence-electron chi connectivity index (χ3n) is 3.36. The number of hydrogen-bond acceptors (Lipinski definition) is 2. The van der Waals surface area contributed by atoms with E-state index in [9.17, 15) is 4.79 Å². The van der Waals surface area contributed by atoms with Crippen molar-refractivity contribution in [1.82, 2.24) is 10.2 Å². The molecule has 0 aromatic heterocycles. The van der Waals surface area contributed by atoms with Crippen LogP contribution in [-0.2, 0) is 4.79 Å². The summed E-state index contributed by atoms with van der Waals surface area (Å²) in [5.74, 6) is 0.277. The van der Waals surface area contributed by atoms with Gasteiger partial charge in [-0.1, -0.05) is 27.7 Å². The normalized spacial score (nSPS) is 23.6. The molecule has 0 bridgehead atoms. The summed E-state index contributed by atoms with van der Waals surface area (Å²) in [6.07, 6.45) is 2.30. The van der Waals surface area contributed by atoms with Crippen molar-refractivity contribution >= 4 is 5.91 Å². The Hall–Kier alpha value is -0.570. The minimum absolute atomic E-state index is 0.0184. The van der Waals surface area contributed by atoms with Gasteiger partial charge in [0.25, 0.3) is 0 Å². The molecule has 1 aliphatic heterocycles. The molecule has 0 radical (unpaired) electrons. The number of hydrogen-bond donors (Lipinski definition) is 1. The van der Waals surface area contributed by atoms with Crippen LogP contribution in [0.5, 0.6) is 0 Å². The van der Waals surface area contributed by atoms with Gasteiger partial charge in [0.05, 0.1) is 6.04 Å². The first kappa shape index (κ1) is 13.5. The molecule has 1 rings (SSSR count). The molecule has 0 aromatic rings. The van der Waals surface area contributed by atoms with E-state index in [1.165, 1.54) is 0 Å². The number of rotatable bonds is 3. The van der Waals surface area contributed by atoms with Gasteiger partial charge in [0.2, 0.25) is 5.91 Å². The molecule has 3 nitrogen and oxygen atoms in total. The zero-order valence-electron chi connectivity index (χ0n) is 11.3. The van der Waals surface area contributed by atoms with Crippen LogP contribution in [0, 0.1) is 5.41 Å². The lowest BCUT2D eigenvalue weighted by molar-refractivity contribution is -0.136. The second-order valence-electron chi connectivity index (χ2n) is 5.88. The van der Waals surface area contributed by atoms with Gasteiger partial charge in [0.1, 0.15) is 0 Å². The maximum atomic E-state index is 12.5. The Balaban J connectivity index is 2.74. The molecule has 16 heavy (non-hydrogen) atoms. The third-order valence-corrected chi connectivity index (χ3v) is 3.36. The van der Waals surface area contributed by atoms with E-state index in [-0.39, 0.29) is 17.4 Å². The maximum absolute atomic E-state index is 12.5. The van der Waals surface area contributed by atoms with Crippen LogP contribution in [0.4, 0.5) is 0 Å². The summed E-state index contributed by atoms with van der Waals surface area (Å²) < 4.78 is 0. The molecule has 1 aliphatic rings. The molecule has 1 heterocycles. The second kappa shape index (κ2) is 5.17. The van der Waals surface area contributed by atoms with E-state index >= 15 is 0 Å². The fourth-order valence-corrected chi connectivity index (χ4v) is 2.39. The number of carbonyl (C=O) groups is 1. The lowest BCUT2D eigenvalue weighted by Gasteiger charge is -2.35. The van der Waals surface area contributed by atoms with E-state index in [1.54, 1.807) is 0 Å². The fourth-order valence-electron chi connectivity index (χ4n) is 2.39. The van der Waals surface area contributed by atoms with Crippen LogP contribution in [-0.4, -0.2) is 36.0 Å². The van der Waals surface area contributed by atoms with Crippen LogP contribution in [0.3, 0.4) is 0 Å². The van der Waals surface area contributed by atoms with Crippen LogP contribution in [0.15, 0.2) is 0 Å². The van der Waals surface area contributed by atoms with E-state index in [1.807, 2.05) is 4.90 Å². The third kappa shape index (κ3) is 2.97. The van der Waals surface area contributed by atoms with Gasteiger partial charge in [0.15, 0.2) is 0 Å². The average molecular weight is 226 g/mol. The minimum Gasteiger partial charge on any atom is -0.339 e. The highest BCUT2D eigenvalue weighted by Gasteiger charge is 2.36. The summed E-state index contributed by atoms with van der Waals surface area (Å²) in [6, 6.07) is 0.356. The Morgan fingerprint density at radius 1 is 1.50 bits per heavy atom. The quantitative estimate of drug-likeness (QED) is 0.798. The first-order valence-corrected chi connectivity index (χ1v) is 6.41. The Morgan fingerprint density at radius 3 is 2.50 bits per heavy atom. The number of nitrogens with zero attached hydrogens (tertiary/aromatic N) is 1. The van der Waals surface area contributed by atoms with Gasteiger partial charge in [-0.2, -0.15) is 0 Å². The minimum atomic E-state index is -0.0574. The van der Waals surface area contributed by atoms with E-state index < -0.39 is 0 Å². The van der Waals surface area contributed by atoms with Crippen molar-refractivity contribution in [3.63, 3.8) is 0 Å². The van der Waals surface area contributed by atoms with Crippen LogP contribution >= 0.6 is 0 Å². The molecule has 1 N–H and O–H groups in total. The van der Waals surface area contributed by atoms with Crippen molar-refractivity contribution < 1.29 is 4.79 Å². The standard InChI is InChI=1S/C13H26N2O/c1-6-14-11(13(3,4)5)12(16)15-9-7-8-10(15)2/h10-11,14H,6-9H2,1-5H3. The molecule has 0 aliphatic carbocycles. The van der Waals surface area contributed by atoms with E-state index in [4.69, 9.17) is 0 Å². The molecule has 3 heteroatoms. The van der Waals surface area contributed by atoms with E-state index in [0.717, 1.165) is 25.9 Å². The van der Waals surface area contributed by atoms with Crippen molar-refractivity contribution in [1.29, 1.82) is 0 Å². The molecular formula is C13H26N2O. The first-order chi connectivity index (χ1) is 7.38. The Morgan fingerprint density at radius 2 is 2.12 bits per heavy atom.